The van der Waals surface area contributed by atoms with E-state index in [-0.39, 0.29) is 0 Å². The largest absolute Gasteiger partial charge is 0.385 e. The number of nitrogens with one attached hydrogen (secondary N) is 2. The fraction of sp³-hybridized carbons (Fsp3) is 0.333. The average molecular weight is 214 g/mol. The van der Waals surface area contributed by atoms with Crippen LogP contribution in [0.5, 0.6) is 0 Å². The van der Waals surface area contributed by atoms with Crippen LogP contribution < -0.4 is 10.0 Å². The number of sulfonamides is 1. The van der Waals surface area contributed by atoms with E-state index >= 15 is 0 Å². The third-order valence-electron chi connectivity index (χ3n) is 1.55. The first kappa shape index (κ1) is 10.8. The Labute approximate surface area is 84.4 Å². The highest BCUT2D eigenvalue weighted by molar-refractivity contribution is 7.92. The molecule has 0 aliphatic rings. The Balaban J connectivity index is 2.83. The van der Waals surface area contributed by atoms with Crippen LogP contribution in [0.15, 0.2) is 24.3 Å². The summed E-state index contributed by atoms with van der Waals surface area (Å²) in [5.41, 5.74) is 1.48. The van der Waals surface area contributed by atoms with E-state index in [0.717, 1.165) is 18.5 Å². The Morgan fingerprint density at radius 1 is 1.29 bits per heavy atom. The van der Waals surface area contributed by atoms with Gasteiger partial charge in [-0.25, -0.2) is 8.42 Å². The molecule has 0 bridgehead atoms. The average Bonchev–Trinajstić information content (AvgIpc) is 2.02. The van der Waals surface area contributed by atoms with Gasteiger partial charge in [-0.1, -0.05) is 6.07 Å². The van der Waals surface area contributed by atoms with E-state index in [0.29, 0.717) is 5.69 Å². The Kier molecular flexibility index (Phi) is 3.35. The fourth-order valence-electron chi connectivity index (χ4n) is 1.11. The van der Waals surface area contributed by atoms with Crippen molar-refractivity contribution in [2.24, 2.45) is 0 Å². The van der Waals surface area contributed by atoms with Crippen LogP contribution in [0.3, 0.4) is 0 Å². The Bertz CT molecular complexity index is 401. The van der Waals surface area contributed by atoms with E-state index in [2.05, 4.69) is 10.0 Å². The molecule has 4 nitrogen and oxygen atoms in total. The normalized spacial score (nSPS) is 11.0. The molecule has 1 rings (SSSR count). The molecule has 0 amide bonds. The van der Waals surface area contributed by atoms with Gasteiger partial charge < -0.3 is 5.32 Å². The summed E-state index contributed by atoms with van der Waals surface area (Å²) in [6.07, 6.45) is 1.13. The second-order valence-corrected chi connectivity index (χ2v) is 4.73. The van der Waals surface area contributed by atoms with Crippen LogP contribution in [0, 0.1) is 0 Å². The van der Waals surface area contributed by atoms with Crippen LogP contribution in [0.4, 0.5) is 11.4 Å². The lowest BCUT2D eigenvalue weighted by Crippen LogP contribution is -2.09. The predicted molar refractivity (Wildman–Crippen MR) is 59.1 cm³/mol. The maximum absolute atomic E-state index is 10.9. The van der Waals surface area contributed by atoms with Crippen molar-refractivity contribution in [1.82, 2.24) is 0 Å². The minimum absolute atomic E-state index is 0.575. The van der Waals surface area contributed by atoms with Gasteiger partial charge in [0.05, 0.1) is 11.9 Å². The zero-order valence-electron chi connectivity index (χ0n) is 8.24. The van der Waals surface area contributed by atoms with Crippen molar-refractivity contribution in [2.75, 3.05) is 22.8 Å². The number of hydrogen-bond acceptors (Lipinski definition) is 3. The lowest BCUT2D eigenvalue weighted by atomic mass is 10.3. The quantitative estimate of drug-likeness (QED) is 0.798. The topological polar surface area (TPSA) is 58.2 Å². The van der Waals surface area contributed by atoms with Crippen molar-refractivity contribution in [2.45, 2.75) is 6.92 Å². The maximum Gasteiger partial charge on any atom is 0.229 e. The van der Waals surface area contributed by atoms with E-state index in [4.69, 9.17) is 0 Å². The standard InChI is InChI=1S/C9H14N2O2S/c1-3-10-8-5-4-6-9(7-8)11-14(2,12)13/h4-7,10-11H,3H2,1-2H3. The van der Waals surface area contributed by atoms with Crippen LogP contribution in [0.2, 0.25) is 0 Å². The third-order valence-corrected chi connectivity index (χ3v) is 2.15. The molecule has 0 atom stereocenters. The summed E-state index contributed by atoms with van der Waals surface area (Å²) >= 11 is 0. The molecule has 0 radical (unpaired) electrons. The van der Waals surface area contributed by atoms with Crippen LogP contribution in [-0.2, 0) is 10.0 Å². The highest BCUT2D eigenvalue weighted by Gasteiger charge is 2.01. The van der Waals surface area contributed by atoms with Crippen molar-refractivity contribution in [3.63, 3.8) is 0 Å². The number of hydrogen-bond donors (Lipinski definition) is 2. The Morgan fingerprint density at radius 2 is 1.93 bits per heavy atom. The maximum atomic E-state index is 10.9. The summed E-state index contributed by atoms with van der Waals surface area (Å²) in [4.78, 5) is 0. The lowest BCUT2D eigenvalue weighted by Gasteiger charge is -2.07. The molecule has 78 valence electrons. The zero-order chi connectivity index (χ0) is 10.6. The molecule has 1 aromatic carbocycles. The van der Waals surface area contributed by atoms with E-state index in [1.165, 1.54) is 0 Å². The molecule has 14 heavy (non-hydrogen) atoms. The molecule has 2 N–H and O–H groups in total. The molecule has 0 spiro atoms. The lowest BCUT2D eigenvalue weighted by molar-refractivity contribution is 0.607. The third kappa shape index (κ3) is 3.66. The van der Waals surface area contributed by atoms with Gasteiger partial charge in [-0.15, -0.1) is 0 Å². The van der Waals surface area contributed by atoms with Crippen LogP contribution in [0.1, 0.15) is 6.92 Å². The van der Waals surface area contributed by atoms with Crippen molar-refractivity contribution >= 4 is 21.4 Å². The summed E-state index contributed by atoms with van der Waals surface area (Å²) in [5.74, 6) is 0. The monoisotopic (exact) mass is 214 g/mol. The van der Waals surface area contributed by atoms with E-state index < -0.39 is 10.0 Å². The zero-order valence-corrected chi connectivity index (χ0v) is 9.06. The first-order valence-electron chi connectivity index (χ1n) is 4.33. The first-order valence-corrected chi connectivity index (χ1v) is 6.22. The SMILES string of the molecule is CCNc1cccc(NS(C)(=O)=O)c1. The van der Waals surface area contributed by atoms with Gasteiger partial charge in [-0.3, -0.25) is 4.72 Å². The van der Waals surface area contributed by atoms with Crippen molar-refractivity contribution in [1.29, 1.82) is 0 Å². The van der Waals surface area contributed by atoms with Crippen LogP contribution in [-0.4, -0.2) is 21.2 Å². The van der Waals surface area contributed by atoms with Gasteiger partial charge in [0.25, 0.3) is 0 Å². The molecule has 0 fully saturated rings. The van der Waals surface area contributed by atoms with Gasteiger partial charge in [0.2, 0.25) is 10.0 Å². The van der Waals surface area contributed by atoms with Gasteiger partial charge in [0.15, 0.2) is 0 Å². The molecule has 0 aliphatic heterocycles. The van der Waals surface area contributed by atoms with Gasteiger partial charge in [-0.2, -0.15) is 0 Å². The minimum Gasteiger partial charge on any atom is -0.385 e. The molecule has 0 heterocycles. The van der Waals surface area contributed by atoms with E-state index in [9.17, 15) is 8.42 Å². The smallest absolute Gasteiger partial charge is 0.229 e. The van der Waals surface area contributed by atoms with E-state index in [1.54, 1.807) is 18.2 Å². The molecule has 0 aliphatic carbocycles. The number of anilines is 2. The van der Waals surface area contributed by atoms with Crippen LogP contribution >= 0.6 is 0 Å². The Morgan fingerprint density at radius 3 is 2.50 bits per heavy atom. The number of benzene rings is 1. The molecular weight excluding hydrogens is 200 g/mol. The fourth-order valence-corrected chi connectivity index (χ4v) is 1.67. The van der Waals surface area contributed by atoms with Crippen molar-refractivity contribution in [3.8, 4) is 0 Å². The summed E-state index contributed by atoms with van der Waals surface area (Å²) in [5, 5.41) is 3.10. The number of rotatable bonds is 4. The summed E-state index contributed by atoms with van der Waals surface area (Å²) in [6, 6.07) is 7.15. The van der Waals surface area contributed by atoms with Crippen LogP contribution in [0.25, 0.3) is 0 Å². The predicted octanol–water partition coefficient (Wildman–Crippen LogP) is 1.49. The summed E-state index contributed by atoms with van der Waals surface area (Å²) in [7, 11) is -3.19. The molecule has 0 aromatic heterocycles. The second-order valence-electron chi connectivity index (χ2n) is 2.99. The minimum atomic E-state index is -3.19. The molecule has 1 aromatic rings. The molecule has 5 heteroatoms. The Hall–Kier alpha value is -1.23. The second kappa shape index (κ2) is 4.32. The first-order chi connectivity index (χ1) is 6.51. The van der Waals surface area contributed by atoms with Gasteiger partial charge in [0.1, 0.15) is 0 Å². The molecular formula is C9H14N2O2S. The van der Waals surface area contributed by atoms with Crippen molar-refractivity contribution < 1.29 is 8.42 Å². The molecule has 0 unspecified atom stereocenters. The van der Waals surface area contributed by atoms with E-state index in [1.807, 2.05) is 13.0 Å². The van der Waals surface area contributed by atoms with Gasteiger partial charge in [-0.05, 0) is 25.1 Å². The van der Waals surface area contributed by atoms with Crippen molar-refractivity contribution in [3.05, 3.63) is 24.3 Å². The molecule has 0 saturated heterocycles. The summed E-state index contributed by atoms with van der Waals surface area (Å²) < 4.78 is 24.3. The van der Waals surface area contributed by atoms with Gasteiger partial charge >= 0.3 is 0 Å². The van der Waals surface area contributed by atoms with Gasteiger partial charge in [0, 0.05) is 12.2 Å². The summed E-state index contributed by atoms with van der Waals surface area (Å²) in [6.45, 7) is 2.79. The molecule has 0 saturated carbocycles. The highest BCUT2D eigenvalue weighted by atomic mass is 32.2. The highest BCUT2D eigenvalue weighted by Crippen LogP contribution is 2.15.